The van der Waals surface area contributed by atoms with Gasteiger partial charge >= 0.3 is 0 Å². The number of benzene rings is 3. The summed E-state index contributed by atoms with van der Waals surface area (Å²) >= 11 is 1.32. The summed E-state index contributed by atoms with van der Waals surface area (Å²) in [6.45, 7) is 2.59. The first-order chi connectivity index (χ1) is 15.4. The normalized spacial score (nSPS) is 19.7. The summed E-state index contributed by atoms with van der Waals surface area (Å²) < 4.78 is 28.1. The summed E-state index contributed by atoms with van der Waals surface area (Å²) in [5, 5.41) is 0. The minimum atomic E-state index is -1.37. The highest BCUT2D eigenvalue weighted by molar-refractivity contribution is 8.01. The van der Waals surface area contributed by atoms with E-state index in [0.717, 1.165) is 17.2 Å². The molecule has 4 nitrogen and oxygen atoms in total. The maximum absolute atomic E-state index is 14.3. The van der Waals surface area contributed by atoms with Crippen molar-refractivity contribution in [2.24, 2.45) is 0 Å². The third-order valence-corrected chi connectivity index (χ3v) is 7.31. The Kier molecular flexibility index (Phi) is 5.01. The van der Waals surface area contributed by atoms with Gasteiger partial charge in [0.1, 0.15) is 11.6 Å². The molecule has 32 heavy (non-hydrogen) atoms. The number of carbonyl (C=O) groups is 2. The molecule has 0 N–H and O–H groups in total. The molecule has 1 atom stereocenters. The summed E-state index contributed by atoms with van der Waals surface area (Å²) in [6.07, 6.45) is 0. The van der Waals surface area contributed by atoms with Crippen LogP contribution in [0.1, 0.15) is 27.0 Å². The van der Waals surface area contributed by atoms with E-state index in [0.29, 0.717) is 30.1 Å². The van der Waals surface area contributed by atoms with E-state index in [2.05, 4.69) is 0 Å². The van der Waals surface area contributed by atoms with Crippen molar-refractivity contribution in [2.75, 3.05) is 17.2 Å². The van der Waals surface area contributed by atoms with Crippen molar-refractivity contribution in [3.8, 4) is 0 Å². The average molecular weight is 451 g/mol. The average Bonchev–Trinajstić information content (AvgIpc) is 3.30. The maximum Gasteiger partial charge on any atom is 0.268 e. The number of carbonyl (C=O) groups excluding carboxylic acids is 2. The Morgan fingerprint density at radius 3 is 2.59 bits per heavy atom. The first-order valence-electron chi connectivity index (χ1n) is 10.3. The van der Waals surface area contributed by atoms with Crippen LogP contribution in [-0.4, -0.2) is 29.0 Å². The number of aryl methyl sites for hydroxylation is 1. The second-order valence-electron chi connectivity index (χ2n) is 8.00. The monoisotopic (exact) mass is 450 g/mol. The molecule has 3 aromatic carbocycles. The molecule has 162 valence electrons. The number of nitrogens with zero attached hydrogens (tertiary/aromatic N) is 2. The molecule has 5 rings (SSSR count). The third kappa shape index (κ3) is 3.19. The van der Waals surface area contributed by atoms with Crippen molar-refractivity contribution in [1.29, 1.82) is 0 Å². The van der Waals surface area contributed by atoms with E-state index >= 15 is 0 Å². The van der Waals surface area contributed by atoms with Crippen LogP contribution >= 0.6 is 11.8 Å². The van der Waals surface area contributed by atoms with Gasteiger partial charge in [0.25, 0.3) is 11.8 Å². The second kappa shape index (κ2) is 7.74. The van der Waals surface area contributed by atoms with Gasteiger partial charge in [-0.05, 0) is 48.9 Å². The molecule has 1 fully saturated rings. The Labute approximate surface area is 188 Å². The molecule has 2 amide bonds. The van der Waals surface area contributed by atoms with Gasteiger partial charge < -0.3 is 9.80 Å². The Balaban J connectivity index is 1.60. The summed E-state index contributed by atoms with van der Waals surface area (Å²) in [6, 6.07) is 17.5. The van der Waals surface area contributed by atoms with E-state index in [9.17, 15) is 18.4 Å². The molecule has 0 saturated carbocycles. The van der Waals surface area contributed by atoms with Crippen LogP contribution in [-0.2, 0) is 16.2 Å². The van der Waals surface area contributed by atoms with Crippen LogP contribution in [0.5, 0.6) is 0 Å². The number of halogens is 2. The van der Waals surface area contributed by atoms with Gasteiger partial charge in [-0.3, -0.25) is 9.59 Å². The Hall–Kier alpha value is -3.19. The lowest BCUT2D eigenvalue weighted by Crippen LogP contribution is -2.50. The van der Waals surface area contributed by atoms with Gasteiger partial charge in [-0.25, -0.2) is 8.78 Å². The number of thioether (sulfide) groups is 1. The number of hydrogen-bond acceptors (Lipinski definition) is 3. The molecule has 2 aliphatic heterocycles. The number of fused-ring (bicyclic) bond motifs is 2. The minimum absolute atomic E-state index is 0.162. The van der Waals surface area contributed by atoms with Gasteiger partial charge in [-0.1, -0.05) is 35.9 Å². The quantitative estimate of drug-likeness (QED) is 0.572. The predicted octanol–water partition coefficient (Wildman–Crippen LogP) is 4.86. The fraction of sp³-hybridized carbons (Fsp3) is 0.200. The van der Waals surface area contributed by atoms with E-state index in [1.54, 1.807) is 11.0 Å². The van der Waals surface area contributed by atoms with Crippen LogP contribution < -0.4 is 4.90 Å². The summed E-state index contributed by atoms with van der Waals surface area (Å²) in [7, 11) is 0. The Morgan fingerprint density at radius 1 is 1.03 bits per heavy atom. The molecular weight excluding hydrogens is 430 g/mol. The zero-order valence-corrected chi connectivity index (χ0v) is 18.2. The van der Waals surface area contributed by atoms with Gasteiger partial charge in [0.15, 0.2) is 4.87 Å². The molecule has 2 heterocycles. The summed E-state index contributed by atoms with van der Waals surface area (Å²) in [5.74, 6) is -1.22. The topological polar surface area (TPSA) is 40.6 Å². The number of rotatable bonds is 3. The van der Waals surface area contributed by atoms with Crippen LogP contribution in [0.2, 0.25) is 0 Å². The van der Waals surface area contributed by atoms with Crippen molar-refractivity contribution >= 4 is 29.3 Å². The Bertz CT molecular complexity index is 1250. The standard InChI is InChI=1S/C25H20F2N2O2S/c1-16-4-2-5-17(12-16)15-28-22-9-8-20(27)14-21(22)25(24(28)31)29(10-11-32-25)23(30)18-6-3-7-19(26)13-18/h2-9,12-14H,10-11,15H2,1H3. The van der Waals surface area contributed by atoms with Crippen LogP contribution in [0.4, 0.5) is 14.5 Å². The van der Waals surface area contributed by atoms with Crippen molar-refractivity contribution in [3.63, 3.8) is 0 Å². The largest absolute Gasteiger partial charge is 0.311 e. The smallest absolute Gasteiger partial charge is 0.268 e. The molecule has 0 aliphatic carbocycles. The van der Waals surface area contributed by atoms with E-state index in [-0.39, 0.29) is 11.5 Å². The fourth-order valence-corrected chi connectivity index (χ4v) is 5.97. The molecule has 1 saturated heterocycles. The minimum Gasteiger partial charge on any atom is -0.311 e. The van der Waals surface area contributed by atoms with Gasteiger partial charge in [-0.15, -0.1) is 11.8 Å². The second-order valence-corrected chi connectivity index (χ2v) is 9.29. The summed E-state index contributed by atoms with van der Waals surface area (Å²) in [5.41, 5.74) is 3.22. The van der Waals surface area contributed by atoms with E-state index in [1.807, 2.05) is 31.2 Å². The van der Waals surface area contributed by atoms with Gasteiger partial charge in [0, 0.05) is 23.4 Å². The zero-order chi connectivity index (χ0) is 22.5. The molecule has 1 spiro atoms. The molecule has 7 heteroatoms. The lowest BCUT2D eigenvalue weighted by Gasteiger charge is -2.33. The van der Waals surface area contributed by atoms with Crippen molar-refractivity contribution < 1.29 is 18.4 Å². The van der Waals surface area contributed by atoms with Crippen LogP contribution in [0.15, 0.2) is 66.7 Å². The van der Waals surface area contributed by atoms with Gasteiger partial charge in [0.2, 0.25) is 0 Å². The molecule has 0 aromatic heterocycles. The zero-order valence-electron chi connectivity index (χ0n) is 17.3. The van der Waals surface area contributed by atoms with Gasteiger partial charge in [0.05, 0.1) is 12.2 Å². The molecular formula is C25H20F2N2O2S. The number of anilines is 1. The highest BCUT2D eigenvalue weighted by Crippen LogP contribution is 2.54. The maximum atomic E-state index is 14.3. The molecule has 0 radical (unpaired) electrons. The summed E-state index contributed by atoms with van der Waals surface area (Å²) in [4.78, 5) is 29.0. The molecule has 3 aromatic rings. The lowest BCUT2D eigenvalue weighted by atomic mass is 10.0. The third-order valence-electron chi connectivity index (χ3n) is 5.90. The van der Waals surface area contributed by atoms with Crippen LogP contribution in [0.3, 0.4) is 0 Å². The van der Waals surface area contributed by atoms with E-state index < -0.39 is 22.4 Å². The lowest BCUT2D eigenvalue weighted by molar-refractivity contribution is -0.123. The van der Waals surface area contributed by atoms with Crippen LogP contribution in [0.25, 0.3) is 0 Å². The number of amides is 2. The molecule has 1 unspecified atom stereocenters. The van der Waals surface area contributed by atoms with Crippen molar-refractivity contribution in [1.82, 2.24) is 4.90 Å². The highest BCUT2D eigenvalue weighted by atomic mass is 32.2. The van der Waals surface area contributed by atoms with Crippen molar-refractivity contribution in [3.05, 3.63) is 101 Å². The fourth-order valence-electron chi connectivity index (χ4n) is 4.51. The first-order valence-corrected chi connectivity index (χ1v) is 11.3. The van der Waals surface area contributed by atoms with Gasteiger partial charge in [-0.2, -0.15) is 0 Å². The Morgan fingerprint density at radius 2 is 1.81 bits per heavy atom. The number of hydrogen-bond donors (Lipinski definition) is 0. The SMILES string of the molecule is Cc1cccc(CN2C(=O)C3(SCCN3C(=O)c3cccc(F)c3)c3cc(F)ccc32)c1. The van der Waals surface area contributed by atoms with Crippen molar-refractivity contribution in [2.45, 2.75) is 18.3 Å². The molecule has 2 aliphatic rings. The first kappa shape index (κ1) is 20.7. The highest BCUT2D eigenvalue weighted by Gasteiger charge is 2.59. The molecule has 0 bridgehead atoms. The van der Waals surface area contributed by atoms with E-state index in [4.69, 9.17) is 0 Å². The van der Waals surface area contributed by atoms with Crippen LogP contribution in [0, 0.1) is 18.6 Å². The van der Waals surface area contributed by atoms with E-state index in [1.165, 1.54) is 47.0 Å². The predicted molar refractivity (Wildman–Crippen MR) is 120 cm³/mol.